The SMILES string of the molecule is CC(=O)NC(C(=O)N1CCCC1c1ncc(C#Cc2ccc(-c3cnc(C4CCCN4C(O)C(NC(C)=O)c4ccccc4)[nH]3)cc2)[nH]1)c1ccccc1. The average Bonchev–Trinajstić information content (AvgIpc) is 4.02. The van der Waals surface area contributed by atoms with Crippen LogP contribution in [0.15, 0.2) is 97.3 Å². The first-order chi connectivity index (χ1) is 26.2. The van der Waals surface area contributed by atoms with Crippen LogP contribution in [0.1, 0.15) is 97.7 Å². The van der Waals surface area contributed by atoms with Gasteiger partial charge in [-0.2, -0.15) is 0 Å². The molecule has 5 unspecified atom stereocenters. The lowest BCUT2D eigenvalue weighted by atomic mass is 10.0. The summed E-state index contributed by atoms with van der Waals surface area (Å²) in [7, 11) is 0. The first-order valence-corrected chi connectivity index (χ1v) is 18.4. The van der Waals surface area contributed by atoms with Gasteiger partial charge in [0.2, 0.25) is 17.7 Å². The van der Waals surface area contributed by atoms with Gasteiger partial charge in [0, 0.05) is 32.5 Å². The van der Waals surface area contributed by atoms with Crippen molar-refractivity contribution in [1.29, 1.82) is 0 Å². The van der Waals surface area contributed by atoms with Gasteiger partial charge in [-0.15, -0.1) is 0 Å². The predicted molar refractivity (Wildman–Crippen MR) is 203 cm³/mol. The zero-order valence-electron chi connectivity index (χ0n) is 30.3. The van der Waals surface area contributed by atoms with Crippen molar-refractivity contribution in [2.75, 3.05) is 13.1 Å². The Morgan fingerprint density at radius 1 is 0.759 bits per heavy atom. The number of imidazole rings is 2. The first-order valence-electron chi connectivity index (χ1n) is 18.4. The van der Waals surface area contributed by atoms with Crippen molar-refractivity contribution in [3.05, 3.63) is 131 Å². The topological polar surface area (TPSA) is 159 Å². The number of rotatable bonds is 10. The van der Waals surface area contributed by atoms with Gasteiger partial charge in [0.05, 0.1) is 36.2 Å². The highest BCUT2D eigenvalue weighted by atomic mass is 16.3. The van der Waals surface area contributed by atoms with E-state index >= 15 is 0 Å². The lowest BCUT2D eigenvalue weighted by Gasteiger charge is -2.34. The Balaban J connectivity index is 1.01. The monoisotopic (exact) mass is 724 g/mol. The van der Waals surface area contributed by atoms with Gasteiger partial charge in [0.15, 0.2) is 0 Å². The molecule has 3 amide bonds. The number of aromatic amines is 2. The summed E-state index contributed by atoms with van der Waals surface area (Å²) in [5, 5.41) is 17.3. The molecular formula is C42H44N8O4. The van der Waals surface area contributed by atoms with Crippen LogP contribution in [0, 0.1) is 11.8 Å². The summed E-state index contributed by atoms with van der Waals surface area (Å²) in [4.78, 5) is 57.7. The molecule has 12 nitrogen and oxygen atoms in total. The number of likely N-dealkylation sites (tertiary alicyclic amines) is 2. The van der Waals surface area contributed by atoms with E-state index in [0.717, 1.165) is 59.5 Å². The number of nitrogens with zero attached hydrogens (tertiary/aromatic N) is 4. The molecule has 0 spiro atoms. The van der Waals surface area contributed by atoms with Gasteiger partial charge in [-0.25, -0.2) is 9.97 Å². The second kappa shape index (κ2) is 16.3. The summed E-state index contributed by atoms with van der Waals surface area (Å²) in [5.74, 6) is 7.18. The van der Waals surface area contributed by atoms with Gasteiger partial charge >= 0.3 is 0 Å². The summed E-state index contributed by atoms with van der Waals surface area (Å²) in [6.07, 6.45) is 5.89. The Morgan fingerprint density at radius 3 is 2.09 bits per heavy atom. The highest BCUT2D eigenvalue weighted by Crippen LogP contribution is 2.36. The molecule has 276 valence electrons. The fourth-order valence-corrected chi connectivity index (χ4v) is 7.51. The minimum absolute atomic E-state index is 0.130. The molecule has 2 aliphatic heterocycles. The summed E-state index contributed by atoms with van der Waals surface area (Å²) in [6, 6.07) is 25.0. The number of nitrogens with one attached hydrogen (secondary N) is 4. The van der Waals surface area contributed by atoms with Crippen molar-refractivity contribution in [1.82, 2.24) is 40.4 Å². The number of aromatic nitrogens is 4. The van der Waals surface area contributed by atoms with Crippen molar-refractivity contribution in [3.63, 3.8) is 0 Å². The number of hydrogen-bond acceptors (Lipinski definition) is 7. The molecule has 2 saturated heterocycles. The van der Waals surface area contributed by atoms with Crippen LogP contribution < -0.4 is 10.6 Å². The van der Waals surface area contributed by atoms with Crippen LogP contribution in [0.5, 0.6) is 0 Å². The average molecular weight is 725 g/mol. The maximum Gasteiger partial charge on any atom is 0.250 e. The molecule has 0 aliphatic carbocycles. The number of aliphatic hydroxyl groups excluding tert-OH is 1. The largest absolute Gasteiger partial charge is 0.376 e. The molecule has 2 aliphatic rings. The summed E-state index contributed by atoms with van der Waals surface area (Å²) in [5.41, 5.74) is 4.85. The normalized spacial score (nSPS) is 18.7. The maximum absolute atomic E-state index is 13.7. The Hall–Kier alpha value is -6.03. The van der Waals surface area contributed by atoms with Crippen LogP contribution in [0.3, 0.4) is 0 Å². The van der Waals surface area contributed by atoms with Crippen molar-refractivity contribution >= 4 is 17.7 Å². The second-order valence-electron chi connectivity index (χ2n) is 13.8. The van der Waals surface area contributed by atoms with Crippen LogP contribution in [-0.4, -0.2) is 71.9 Å². The third-order valence-corrected chi connectivity index (χ3v) is 10.1. The molecule has 0 bridgehead atoms. The van der Waals surface area contributed by atoms with Gasteiger partial charge in [-0.05, 0) is 60.4 Å². The Kier molecular flexibility index (Phi) is 11.0. The summed E-state index contributed by atoms with van der Waals surface area (Å²) in [6.45, 7) is 4.13. The molecule has 0 saturated carbocycles. The highest BCUT2D eigenvalue weighted by molar-refractivity contribution is 5.88. The second-order valence-corrected chi connectivity index (χ2v) is 13.8. The fraction of sp³-hybridized carbons (Fsp3) is 0.310. The van der Waals surface area contributed by atoms with E-state index in [2.05, 4.69) is 37.4 Å². The van der Waals surface area contributed by atoms with Crippen LogP contribution in [-0.2, 0) is 14.4 Å². The lowest BCUT2D eigenvalue weighted by molar-refractivity contribution is -0.137. The Morgan fingerprint density at radius 2 is 1.39 bits per heavy atom. The number of carbonyl (C=O) groups excluding carboxylic acids is 3. The van der Waals surface area contributed by atoms with E-state index in [1.54, 1.807) is 11.1 Å². The molecule has 2 aromatic heterocycles. The van der Waals surface area contributed by atoms with Crippen LogP contribution in [0.25, 0.3) is 11.3 Å². The Labute approximate surface area is 314 Å². The van der Waals surface area contributed by atoms with E-state index in [1.165, 1.54) is 13.8 Å². The number of benzene rings is 3. The minimum Gasteiger partial charge on any atom is -0.376 e. The van der Waals surface area contributed by atoms with E-state index in [1.807, 2.05) is 96.0 Å². The summed E-state index contributed by atoms with van der Waals surface area (Å²) >= 11 is 0. The number of H-pyrrole nitrogens is 2. The van der Waals surface area contributed by atoms with Crippen molar-refractivity contribution in [2.45, 2.75) is 69.9 Å². The Bertz CT molecular complexity index is 2140. The van der Waals surface area contributed by atoms with E-state index in [9.17, 15) is 19.5 Å². The van der Waals surface area contributed by atoms with Crippen molar-refractivity contribution in [2.24, 2.45) is 0 Å². The molecule has 4 heterocycles. The predicted octanol–water partition coefficient (Wildman–Crippen LogP) is 5.07. The van der Waals surface area contributed by atoms with Gasteiger partial charge in [0.1, 0.15) is 29.6 Å². The van der Waals surface area contributed by atoms with Gasteiger partial charge < -0.3 is 30.6 Å². The van der Waals surface area contributed by atoms with E-state index in [4.69, 9.17) is 4.98 Å². The molecule has 3 aromatic carbocycles. The maximum atomic E-state index is 13.7. The van der Waals surface area contributed by atoms with Gasteiger partial charge in [-0.1, -0.05) is 78.7 Å². The van der Waals surface area contributed by atoms with E-state index in [0.29, 0.717) is 24.6 Å². The molecule has 7 rings (SSSR count). The van der Waals surface area contributed by atoms with E-state index < -0.39 is 18.3 Å². The first kappa shape index (κ1) is 36.3. The lowest BCUT2D eigenvalue weighted by Crippen LogP contribution is -2.45. The number of aliphatic hydroxyl groups is 1. The quantitative estimate of drug-likeness (QED) is 0.126. The molecule has 2 fully saturated rings. The fourth-order valence-electron chi connectivity index (χ4n) is 7.51. The minimum atomic E-state index is -0.928. The molecule has 54 heavy (non-hydrogen) atoms. The van der Waals surface area contributed by atoms with Crippen molar-refractivity contribution in [3.8, 4) is 23.1 Å². The molecule has 0 radical (unpaired) electrons. The molecule has 12 heteroatoms. The van der Waals surface area contributed by atoms with Crippen LogP contribution in [0.2, 0.25) is 0 Å². The number of amides is 3. The number of hydrogen-bond donors (Lipinski definition) is 5. The standard InChI is InChI=1S/C42H44N8O4/c1-27(51)45-37(31-11-5-3-6-12-31)41(53)49-23-9-15-35(49)39-43-25-33(47-39)22-19-29-17-20-30(21-18-29)34-26-44-40(48-34)36-16-10-24-50(36)42(54)38(46-28(2)52)32-13-7-4-8-14-32/h3-8,11-14,17-18,20-21,25-26,35-38,42,54H,9-10,15-16,23-24H2,1-2H3,(H,43,47)(H,44,48)(H,45,51)(H,46,52). The van der Waals surface area contributed by atoms with Crippen LogP contribution in [0.4, 0.5) is 0 Å². The van der Waals surface area contributed by atoms with E-state index in [-0.39, 0.29) is 29.8 Å². The van der Waals surface area contributed by atoms with Crippen molar-refractivity contribution < 1.29 is 19.5 Å². The zero-order chi connectivity index (χ0) is 37.6. The smallest absolute Gasteiger partial charge is 0.250 e. The molecule has 5 N–H and O–H groups in total. The zero-order valence-corrected chi connectivity index (χ0v) is 30.3. The number of carbonyl (C=O) groups is 3. The molecular weight excluding hydrogens is 681 g/mol. The third-order valence-electron chi connectivity index (χ3n) is 10.1. The highest BCUT2D eigenvalue weighted by Gasteiger charge is 2.38. The van der Waals surface area contributed by atoms with Gasteiger partial charge in [0.25, 0.3) is 0 Å². The third kappa shape index (κ3) is 8.12. The van der Waals surface area contributed by atoms with Crippen LogP contribution >= 0.6 is 0 Å². The molecule has 5 aromatic rings. The molecule has 5 atom stereocenters. The van der Waals surface area contributed by atoms with Gasteiger partial charge in [-0.3, -0.25) is 19.3 Å². The summed E-state index contributed by atoms with van der Waals surface area (Å²) < 4.78 is 0.